The minimum absolute atomic E-state index is 0.0239. The second-order valence-corrected chi connectivity index (χ2v) is 6.08. The third-order valence-electron chi connectivity index (χ3n) is 4.64. The molecule has 0 bridgehead atoms. The fourth-order valence-electron chi connectivity index (χ4n) is 3.26. The highest BCUT2D eigenvalue weighted by molar-refractivity contribution is 5.24. The van der Waals surface area contributed by atoms with Crippen LogP contribution in [0.2, 0.25) is 0 Å². The zero-order chi connectivity index (χ0) is 12.5. The highest BCUT2D eigenvalue weighted by atomic mass is 16.5. The van der Waals surface area contributed by atoms with E-state index in [1.54, 1.807) is 0 Å². The first-order valence-electron chi connectivity index (χ1n) is 7.17. The molecule has 1 aliphatic heterocycles. The summed E-state index contributed by atoms with van der Waals surface area (Å²) >= 11 is 0. The Morgan fingerprint density at radius 3 is 2.39 bits per heavy atom. The summed E-state index contributed by atoms with van der Waals surface area (Å²) in [6, 6.07) is 10.7. The van der Waals surface area contributed by atoms with Gasteiger partial charge in [-0.15, -0.1) is 0 Å². The summed E-state index contributed by atoms with van der Waals surface area (Å²) in [5, 5.41) is 3.75. The van der Waals surface area contributed by atoms with Crippen molar-refractivity contribution in [3.05, 3.63) is 35.9 Å². The third kappa shape index (κ3) is 2.19. The van der Waals surface area contributed by atoms with Gasteiger partial charge in [0, 0.05) is 6.54 Å². The van der Waals surface area contributed by atoms with E-state index in [0.29, 0.717) is 0 Å². The van der Waals surface area contributed by atoms with E-state index < -0.39 is 0 Å². The number of ether oxygens (including phenoxy) is 1. The maximum atomic E-state index is 6.31. The molecular weight excluding hydrogens is 222 g/mol. The van der Waals surface area contributed by atoms with Crippen LogP contribution in [0, 0.1) is 0 Å². The van der Waals surface area contributed by atoms with Crippen LogP contribution >= 0.6 is 0 Å². The minimum atomic E-state index is -0.0239. The van der Waals surface area contributed by atoms with Gasteiger partial charge in [0.05, 0.1) is 17.7 Å². The van der Waals surface area contributed by atoms with Gasteiger partial charge in [-0.2, -0.15) is 0 Å². The Kier molecular flexibility index (Phi) is 3.16. The quantitative estimate of drug-likeness (QED) is 0.820. The lowest BCUT2D eigenvalue weighted by atomic mass is 9.81. The summed E-state index contributed by atoms with van der Waals surface area (Å²) in [6.45, 7) is 4.04. The molecule has 1 heterocycles. The van der Waals surface area contributed by atoms with Crippen LogP contribution in [0.25, 0.3) is 0 Å². The first-order chi connectivity index (χ1) is 8.73. The van der Waals surface area contributed by atoms with E-state index in [4.69, 9.17) is 4.74 Å². The minimum Gasteiger partial charge on any atom is -0.371 e. The standard InChI is InChI=1S/C16H23NO/c1-15(14-8-4-2-5-9-14)13-18-16(12-17-15)10-6-3-7-11-16/h2,4-5,8-9,17H,3,6-7,10-13H2,1H3. The molecule has 2 nitrogen and oxygen atoms in total. The number of nitrogens with one attached hydrogen (secondary N) is 1. The van der Waals surface area contributed by atoms with Gasteiger partial charge in [0.15, 0.2) is 0 Å². The summed E-state index contributed by atoms with van der Waals surface area (Å²) in [5.74, 6) is 0. The average molecular weight is 245 g/mol. The van der Waals surface area contributed by atoms with E-state index in [2.05, 4.69) is 42.6 Å². The first kappa shape index (κ1) is 12.2. The Balaban J connectivity index is 1.72. The monoisotopic (exact) mass is 245 g/mol. The van der Waals surface area contributed by atoms with E-state index in [1.165, 1.54) is 37.7 Å². The fourth-order valence-corrected chi connectivity index (χ4v) is 3.26. The molecule has 2 fully saturated rings. The third-order valence-corrected chi connectivity index (χ3v) is 4.64. The molecule has 1 N–H and O–H groups in total. The Bertz CT molecular complexity index is 385. The molecule has 0 amide bonds. The van der Waals surface area contributed by atoms with Crippen molar-refractivity contribution in [3.8, 4) is 0 Å². The van der Waals surface area contributed by atoms with Crippen LogP contribution in [0.4, 0.5) is 0 Å². The Morgan fingerprint density at radius 1 is 1.06 bits per heavy atom. The van der Waals surface area contributed by atoms with Crippen molar-refractivity contribution in [2.24, 2.45) is 0 Å². The number of hydrogen-bond donors (Lipinski definition) is 1. The van der Waals surface area contributed by atoms with Crippen LogP contribution in [0.15, 0.2) is 30.3 Å². The molecule has 1 aliphatic carbocycles. The highest BCUT2D eigenvalue weighted by Gasteiger charge is 2.42. The van der Waals surface area contributed by atoms with Crippen molar-refractivity contribution in [1.29, 1.82) is 0 Å². The number of benzene rings is 1. The van der Waals surface area contributed by atoms with Crippen molar-refractivity contribution >= 4 is 0 Å². The Hall–Kier alpha value is -0.860. The van der Waals surface area contributed by atoms with Crippen LogP contribution in [0.3, 0.4) is 0 Å². The lowest BCUT2D eigenvalue weighted by molar-refractivity contribution is -0.124. The smallest absolute Gasteiger partial charge is 0.0807 e. The van der Waals surface area contributed by atoms with Gasteiger partial charge in [0.2, 0.25) is 0 Å². The second kappa shape index (κ2) is 4.67. The van der Waals surface area contributed by atoms with E-state index >= 15 is 0 Å². The molecule has 18 heavy (non-hydrogen) atoms. The summed E-state index contributed by atoms with van der Waals surface area (Å²) in [4.78, 5) is 0. The average Bonchev–Trinajstić information content (AvgIpc) is 2.45. The maximum absolute atomic E-state index is 6.31. The molecule has 3 rings (SSSR count). The van der Waals surface area contributed by atoms with Crippen molar-refractivity contribution < 1.29 is 4.74 Å². The lowest BCUT2D eigenvalue weighted by Gasteiger charge is -2.48. The summed E-state index contributed by atoms with van der Waals surface area (Å²) in [5.41, 5.74) is 1.44. The van der Waals surface area contributed by atoms with Crippen molar-refractivity contribution in [3.63, 3.8) is 0 Å². The van der Waals surface area contributed by atoms with Gasteiger partial charge in [-0.25, -0.2) is 0 Å². The van der Waals surface area contributed by atoms with Crippen LogP contribution in [0.5, 0.6) is 0 Å². The van der Waals surface area contributed by atoms with Crippen LogP contribution in [-0.2, 0) is 10.3 Å². The van der Waals surface area contributed by atoms with Gasteiger partial charge in [0.25, 0.3) is 0 Å². The molecule has 98 valence electrons. The maximum Gasteiger partial charge on any atom is 0.0807 e. The van der Waals surface area contributed by atoms with Crippen molar-refractivity contribution in [1.82, 2.24) is 5.32 Å². The highest BCUT2D eigenvalue weighted by Crippen LogP contribution is 2.37. The summed E-state index contributed by atoms with van der Waals surface area (Å²) in [7, 11) is 0. The van der Waals surface area contributed by atoms with Gasteiger partial charge in [-0.05, 0) is 25.3 Å². The second-order valence-electron chi connectivity index (χ2n) is 6.08. The molecule has 1 saturated heterocycles. The predicted molar refractivity (Wildman–Crippen MR) is 73.6 cm³/mol. The molecule has 1 saturated carbocycles. The van der Waals surface area contributed by atoms with Gasteiger partial charge in [-0.1, -0.05) is 49.6 Å². The normalized spacial score (nSPS) is 31.4. The SMILES string of the molecule is CC1(c2ccccc2)COC2(CCCCC2)CN1. The molecular formula is C16H23NO. The van der Waals surface area contributed by atoms with Crippen molar-refractivity contribution in [2.45, 2.75) is 50.2 Å². The zero-order valence-corrected chi connectivity index (χ0v) is 11.2. The van der Waals surface area contributed by atoms with Gasteiger partial charge in [0.1, 0.15) is 0 Å². The number of morpholine rings is 1. The topological polar surface area (TPSA) is 21.3 Å². The molecule has 0 aromatic heterocycles. The molecule has 1 unspecified atom stereocenters. The number of rotatable bonds is 1. The van der Waals surface area contributed by atoms with Crippen molar-refractivity contribution in [2.75, 3.05) is 13.2 Å². The molecule has 1 aromatic carbocycles. The van der Waals surface area contributed by atoms with E-state index in [0.717, 1.165) is 13.2 Å². The van der Waals surface area contributed by atoms with Crippen LogP contribution < -0.4 is 5.32 Å². The fraction of sp³-hybridized carbons (Fsp3) is 0.625. The lowest BCUT2D eigenvalue weighted by Crippen LogP contribution is -2.59. The molecule has 1 atom stereocenters. The number of hydrogen-bond acceptors (Lipinski definition) is 2. The van der Waals surface area contributed by atoms with Gasteiger partial charge >= 0.3 is 0 Å². The van der Waals surface area contributed by atoms with Crippen LogP contribution in [-0.4, -0.2) is 18.8 Å². The Morgan fingerprint density at radius 2 is 1.78 bits per heavy atom. The molecule has 1 spiro atoms. The zero-order valence-electron chi connectivity index (χ0n) is 11.2. The Labute approximate surface area is 110 Å². The van der Waals surface area contributed by atoms with Crippen LogP contribution in [0.1, 0.15) is 44.6 Å². The van der Waals surface area contributed by atoms with E-state index in [1.807, 2.05) is 0 Å². The summed E-state index contributed by atoms with van der Waals surface area (Å²) < 4.78 is 6.31. The largest absolute Gasteiger partial charge is 0.371 e. The van der Waals surface area contributed by atoms with Gasteiger partial charge < -0.3 is 10.1 Å². The molecule has 2 heteroatoms. The molecule has 1 aromatic rings. The predicted octanol–water partition coefficient (Wildman–Crippen LogP) is 3.22. The first-order valence-corrected chi connectivity index (χ1v) is 7.17. The van der Waals surface area contributed by atoms with Gasteiger partial charge in [-0.3, -0.25) is 0 Å². The van der Waals surface area contributed by atoms with E-state index in [-0.39, 0.29) is 11.1 Å². The van der Waals surface area contributed by atoms with E-state index in [9.17, 15) is 0 Å². The molecule has 2 aliphatic rings. The summed E-state index contributed by atoms with van der Waals surface area (Å²) in [6.07, 6.45) is 6.48. The molecule has 0 radical (unpaired) electrons.